The summed E-state index contributed by atoms with van der Waals surface area (Å²) in [7, 11) is 0. The molecule has 3 rings (SSSR count). The smallest absolute Gasteiger partial charge is 0.264 e. The third-order valence-electron chi connectivity index (χ3n) is 4.22. The van der Waals surface area contributed by atoms with Crippen molar-refractivity contribution in [2.45, 2.75) is 39.5 Å². The predicted octanol–water partition coefficient (Wildman–Crippen LogP) is 5.88. The van der Waals surface area contributed by atoms with Crippen LogP contribution in [0.5, 0.6) is 5.75 Å². The molecule has 0 saturated heterocycles. The Hall–Kier alpha value is -1.89. The molecule has 0 bridgehead atoms. The molecule has 0 saturated carbocycles. The third-order valence-corrected chi connectivity index (χ3v) is 6.20. The summed E-state index contributed by atoms with van der Waals surface area (Å²) in [6.45, 7) is 5.06. The van der Waals surface area contributed by atoms with Crippen LogP contribution in [0.4, 0.5) is 0 Å². The lowest BCUT2D eigenvalue weighted by molar-refractivity contribution is 0.0674. The quantitative estimate of drug-likeness (QED) is 0.457. The number of carbonyl (C=O) groups excluding carboxylic acids is 1. The molecule has 2 aromatic heterocycles. The number of carbonyl (C=O) groups is 1. The largest absolute Gasteiger partial charge is 0.486 e. The van der Waals surface area contributed by atoms with Crippen molar-refractivity contribution in [1.82, 2.24) is 9.88 Å². The zero-order valence-corrected chi connectivity index (χ0v) is 17.6. The highest BCUT2D eigenvalue weighted by Gasteiger charge is 2.22. The molecule has 0 unspecified atom stereocenters. The fraction of sp³-hybridized carbons (Fsp3) is 0.300. The first kappa shape index (κ1) is 19.9. The number of benzene rings is 1. The number of hydrogen-bond acceptors (Lipinski definition) is 5. The van der Waals surface area contributed by atoms with Crippen LogP contribution >= 0.6 is 34.3 Å². The Morgan fingerprint density at radius 1 is 1.26 bits per heavy atom. The predicted molar refractivity (Wildman–Crippen MR) is 112 cm³/mol. The van der Waals surface area contributed by atoms with Crippen LogP contribution in [0.3, 0.4) is 0 Å². The van der Waals surface area contributed by atoms with E-state index in [2.05, 4.69) is 18.8 Å². The summed E-state index contributed by atoms with van der Waals surface area (Å²) in [5.74, 6) is 0.816. The topological polar surface area (TPSA) is 42.4 Å². The van der Waals surface area contributed by atoms with E-state index in [4.69, 9.17) is 16.3 Å². The van der Waals surface area contributed by atoms with Gasteiger partial charge in [-0.15, -0.1) is 22.7 Å². The number of hydrogen-bond donors (Lipinski definition) is 0. The summed E-state index contributed by atoms with van der Waals surface area (Å²) >= 11 is 8.90. The Labute approximate surface area is 172 Å². The number of halogens is 1. The lowest BCUT2D eigenvalue weighted by Gasteiger charge is -2.27. The van der Waals surface area contributed by atoms with E-state index in [9.17, 15) is 4.79 Å². The molecule has 27 heavy (non-hydrogen) atoms. The van der Waals surface area contributed by atoms with Crippen LogP contribution < -0.4 is 4.74 Å². The van der Waals surface area contributed by atoms with E-state index in [-0.39, 0.29) is 11.9 Å². The minimum absolute atomic E-state index is 0.0614. The molecular weight excluding hydrogens is 400 g/mol. The van der Waals surface area contributed by atoms with Crippen molar-refractivity contribution in [2.24, 2.45) is 0 Å². The van der Waals surface area contributed by atoms with Gasteiger partial charge in [0.05, 0.1) is 17.1 Å². The molecule has 0 aliphatic heterocycles. The first-order valence-electron chi connectivity index (χ1n) is 8.73. The van der Waals surface area contributed by atoms with Crippen LogP contribution in [0.25, 0.3) is 0 Å². The zero-order valence-electron chi connectivity index (χ0n) is 15.2. The molecular formula is C20H21ClN2O2S2. The van der Waals surface area contributed by atoms with Gasteiger partial charge in [-0.05, 0) is 49.1 Å². The summed E-state index contributed by atoms with van der Waals surface area (Å²) in [5, 5.41) is 5.49. The minimum atomic E-state index is 0.0614. The van der Waals surface area contributed by atoms with Crippen molar-refractivity contribution < 1.29 is 9.53 Å². The highest BCUT2D eigenvalue weighted by atomic mass is 35.5. The van der Waals surface area contributed by atoms with Gasteiger partial charge in [0, 0.05) is 16.4 Å². The Morgan fingerprint density at radius 2 is 2.04 bits per heavy atom. The second-order valence-corrected chi connectivity index (χ2v) is 8.47. The van der Waals surface area contributed by atoms with Crippen LogP contribution in [0.2, 0.25) is 5.02 Å². The number of rotatable bonds is 8. The SMILES string of the molecule is CC[C@H](C)N(Cc1csc(COc2ccc(Cl)cc2)n1)C(=O)c1cccs1. The average Bonchev–Trinajstić information content (AvgIpc) is 3.36. The molecule has 0 radical (unpaired) electrons. The Kier molecular flexibility index (Phi) is 6.88. The Bertz CT molecular complexity index is 863. The minimum Gasteiger partial charge on any atom is -0.486 e. The van der Waals surface area contributed by atoms with Crippen LogP contribution in [0.15, 0.2) is 47.2 Å². The van der Waals surface area contributed by atoms with Gasteiger partial charge >= 0.3 is 0 Å². The maximum absolute atomic E-state index is 12.8. The summed E-state index contributed by atoms with van der Waals surface area (Å²) in [5.41, 5.74) is 0.889. The third kappa shape index (κ3) is 5.31. The highest BCUT2D eigenvalue weighted by molar-refractivity contribution is 7.12. The molecule has 0 aliphatic carbocycles. The maximum Gasteiger partial charge on any atom is 0.264 e. The molecule has 0 spiro atoms. The first-order chi connectivity index (χ1) is 13.1. The highest BCUT2D eigenvalue weighted by Crippen LogP contribution is 2.21. The Balaban J connectivity index is 1.64. The second-order valence-electron chi connectivity index (χ2n) is 6.14. The van der Waals surface area contributed by atoms with Gasteiger partial charge in [0.1, 0.15) is 17.4 Å². The molecule has 4 nitrogen and oxygen atoms in total. The zero-order chi connectivity index (χ0) is 19.2. The van der Waals surface area contributed by atoms with Crippen LogP contribution in [0.1, 0.15) is 40.6 Å². The number of thiazole rings is 1. The van der Waals surface area contributed by atoms with Crippen molar-refractivity contribution in [2.75, 3.05) is 0 Å². The van der Waals surface area contributed by atoms with Gasteiger partial charge in [-0.25, -0.2) is 4.98 Å². The van der Waals surface area contributed by atoms with Crippen LogP contribution in [-0.2, 0) is 13.2 Å². The fourth-order valence-electron chi connectivity index (χ4n) is 2.53. The number of ether oxygens (including phenoxy) is 1. The number of aromatic nitrogens is 1. The molecule has 0 fully saturated rings. The normalized spacial score (nSPS) is 12.0. The lowest BCUT2D eigenvalue weighted by atomic mass is 10.2. The molecule has 3 aromatic rings. The second kappa shape index (κ2) is 9.35. The molecule has 2 heterocycles. The molecule has 7 heteroatoms. The van der Waals surface area contributed by atoms with Crippen molar-refractivity contribution in [3.63, 3.8) is 0 Å². The van der Waals surface area contributed by atoms with Crippen LogP contribution in [0, 0.1) is 0 Å². The number of nitrogens with zero attached hydrogens (tertiary/aromatic N) is 2. The van der Waals surface area contributed by atoms with E-state index in [1.807, 2.05) is 39.9 Å². The summed E-state index contributed by atoms with van der Waals surface area (Å²) in [4.78, 5) is 20.1. The average molecular weight is 421 g/mol. The number of amides is 1. The van der Waals surface area contributed by atoms with E-state index in [1.54, 1.807) is 23.5 Å². The van der Waals surface area contributed by atoms with Gasteiger partial charge in [0.25, 0.3) is 5.91 Å². The van der Waals surface area contributed by atoms with Crippen molar-refractivity contribution in [1.29, 1.82) is 0 Å². The summed E-state index contributed by atoms with van der Waals surface area (Å²) < 4.78 is 5.75. The number of thiophene rings is 1. The monoisotopic (exact) mass is 420 g/mol. The maximum atomic E-state index is 12.8. The van der Waals surface area contributed by atoms with Crippen molar-refractivity contribution in [3.8, 4) is 5.75 Å². The van der Waals surface area contributed by atoms with Crippen molar-refractivity contribution >= 4 is 40.2 Å². The van der Waals surface area contributed by atoms with E-state index in [0.29, 0.717) is 18.2 Å². The molecule has 0 N–H and O–H groups in total. The van der Waals surface area contributed by atoms with Crippen LogP contribution in [-0.4, -0.2) is 21.8 Å². The summed E-state index contributed by atoms with van der Waals surface area (Å²) in [6.07, 6.45) is 0.897. The van der Waals surface area contributed by atoms with Gasteiger partial charge in [0.15, 0.2) is 0 Å². The molecule has 1 aromatic carbocycles. The molecule has 0 aliphatic rings. The van der Waals surface area contributed by atoms with Gasteiger partial charge < -0.3 is 9.64 Å². The lowest BCUT2D eigenvalue weighted by Crippen LogP contribution is -2.37. The molecule has 1 amide bonds. The van der Waals surface area contributed by atoms with Gasteiger partial charge in [-0.2, -0.15) is 0 Å². The first-order valence-corrected chi connectivity index (χ1v) is 10.9. The van der Waals surface area contributed by atoms with Gasteiger partial charge in [0.2, 0.25) is 0 Å². The standard InChI is InChI=1S/C20H21ClN2O2S2/c1-3-14(2)23(20(24)18-5-4-10-26-18)11-16-13-27-19(22-16)12-25-17-8-6-15(21)7-9-17/h4-10,13-14H,3,11-12H2,1-2H3/t14-/m0/s1. The van der Waals surface area contributed by atoms with E-state index >= 15 is 0 Å². The van der Waals surface area contributed by atoms with Gasteiger partial charge in [-0.1, -0.05) is 24.6 Å². The Morgan fingerprint density at radius 3 is 2.70 bits per heavy atom. The fourth-order valence-corrected chi connectivity index (χ4v) is 4.03. The van der Waals surface area contributed by atoms with Gasteiger partial charge in [-0.3, -0.25) is 4.79 Å². The van der Waals surface area contributed by atoms with Crippen molar-refractivity contribution in [3.05, 3.63) is 67.8 Å². The van der Waals surface area contributed by atoms with E-state index in [1.165, 1.54) is 11.3 Å². The van der Waals surface area contributed by atoms with E-state index < -0.39 is 0 Å². The summed E-state index contributed by atoms with van der Waals surface area (Å²) in [6, 6.07) is 11.2. The molecule has 1 atom stereocenters. The molecule has 142 valence electrons. The van der Waals surface area contributed by atoms with E-state index in [0.717, 1.165) is 27.7 Å².